The molecule has 4 N–H and O–H groups in total. The lowest BCUT2D eigenvalue weighted by molar-refractivity contribution is 0.102. The van der Waals surface area contributed by atoms with Gasteiger partial charge in [-0.25, -0.2) is 13.6 Å². The van der Waals surface area contributed by atoms with Crippen molar-refractivity contribution in [3.63, 3.8) is 0 Å². The van der Waals surface area contributed by atoms with E-state index in [1.807, 2.05) is 0 Å². The molecular weight excluding hydrogens is 318 g/mol. The Labute approximate surface area is 137 Å². The Hall–Kier alpha value is -3.16. The van der Waals surface area contributed by atoms with E-state index in [-0.39, 0.29) is 16.9 Å². The summed E-state index contributed by atoms with van der Waals surface area (Å²) in [6.45, 7) is 0. The predicted octanol–water partition coefficient (Wildman–Crippen LogP) is 2.77. The maximum absolute atomic E-state index is 13.9. The molecule has 126 valence electrons. The fourth-order valence-electron chi connectivity index (χ4n) is 2.15. The van der Waals surface area contributed by atoms with Gasteiger partial charge in [0.2, 0.25) is 0 Å². The van der Waals surface area contributed by atoms with Gasteiger partial charge >= 0.3 is 6.03 Å². The second kappa shape index (κ2) is 6.95. The van der Waals surface area contributed by atoms with Crippen LogP contribution in [0.5, 0.6) is 0 Å². The molecule has 0 saturated carbocycles. The average molecular weight is 334 g/mol. The van der Waals surface area contributed by atoms with Crippen LogP contribution >= 0.6 is 0 Å². The summed E-state index contributed by atoms with van der Waals surface area (Å²) in [6.07, 6.45) is 0. The summed E-state index contributed by atoms with van der Waals surface area (Å²) >= 11 is 0. The molecule has 0 unspecified atom stereocenters. The van der Waals surface area contributed by atoms with Crippen LogP contribution in [0.2, 0.25) is 0 Å². The Bertz CT molecular complexity index is 770. The first-order valence-corrected chi connectivity index (χ1v) is 6.92. The molecule has 0 radical (unpaired) electrons. The van der Waals surface area contributed by atoms with Gasteiger partial charge in [-0.2, -0.15) is 0 Å². The largest absolute Gasteiger partial charge is 0.373 e. The van der Waals surface area contributed by atoms with Crippen LogP contribution in [0.25, 0.3) is 0 Å². The maximum Gasteiger partial charge on any atom is 0.316 e. The molecule has 3 amide bonds. The van der Waals surface area contributed by atoms with E-state index in [1.165, 1.54) is 37.2 Å². The lowest BCUT2D eigenvalue weighted by atomic mass is 10.1. The van der Waals surface area contributed by atoms with Gasteiger partial charge in [-0.3, -0.25) is 4.79 Å². The summed E-state index contributed by atoms with van der Waals surface area (Å²) < 4.78 is 27.9. The molecule has 0 spiro atoms. The van der Waals surface area contributed by atoms with Crippen LogP contribution in [0.4, 0.5) is 30.6 Å². The molecule has 6 nitrogen and oxygen atoms in total. The number of hydrogen-bond donors (Lipinski definition) is 3. The Morgan fingerprint density at radius 2 is 1.62 bits per heavy atom. The van der Waals surface area contributed by atoms with Gasteiger partial charge in [0.1, 0.15) is 5.69 Å². The van der Waals surface area contributed by atoms with E-state index in [1.54, 1.807) is 6.07 Å². The fraction of sp³-hybridized carbons (Fsp3) is 0.125. The summed E-state index contributed by atoms with van der Waals surface area (Å²) in [5.41, 5.74) is 5.32. The van der Waals surface area contributed by atoms with Crippen LogP contribution in [0.15, 0.2) is 36.4 Å². The van der Waals surface area contributed by atoms with Gasteiger partial charge in [0.25, 0.3) is 5.91 Å². The third-order valence-electron chi connectivity index (χ3n) is 3.11. The zero-order valence-corrected chi connectivity index (χ0v) is 13.1. The summed E-state index contributed by atoms with van der Waals surface area (Å²) in [6, 6.07) is 7.26. The predicted molar refractivity (Wildman–Crippen MR) is 88.3 cm³/mol. The van der Waals surface area contributed by atoms with Crippen LogP contribution < -0.4 is 21.3 Å². The van der Waals surface area contributed by atoms with Crippen LogP contribution in [0, 0.1) is 11.6 Å². The molecule has 0 saturated heterocycles. The van der Waals surface area contributed by atoms with Crippen molar-refractivity contribution in [2.75, 3.05) is 29.6 Å². The number of nitrogens with one attached hydrogen (secondary N) is 2. The zero-order valence-electron chi connectivity index (χ0n) is 13.1. The van der Waals surface area contributed by atoms with Crippen LogP contribution in [-0.2, 0) is 0 Å². The van der Waals surface area contributed by atoms with E-state index in [9.17, 15) is 18.4 Å². The van der Waals surface area contributed by atoms with Gasteiger partial charge < -0.3 is 21.3 Å². The Morgan fingerprint density at radius 1 is 1.00 bits per heavy atom. The minimum Gasteiger partial charge on any atom is -0.373 e. The number of hydrogen-bond acceptors (Lipinski definition) is 3. The van der Waals surface area contributed by atoms with Gasteiger partial charge in [0.05, 0.1) is 0 Å². The highest BCUT2D eigenvalue weighted by atomic mass is 19.1. The Balaban J connectivity index is 2.22. The number of urea groups is 1. The van der Waals surface area contributed by atoms with Gasteiger partial charge in [-0.1, -0.05) is 6.07 Å². The van der Waals surface area contributed by atoms with Gasteiger partial charge in [-0.05, 0) is 30.3 Å². The Kier molecular flexibility index (Phi) is 4.98. The molecule has 0 heterocycles. The monoisotopic (exact) mass is 334 g/mol. The second-order valence-corrected chi connectivity index (χ2v) is 5.21. The topological polar surface area (TPSA) is 87.5 Å². The van der Waals surface area contributed by atoms with E-state index < -0.39 is 23.6 Å². The molecule has 24 heavy (non-hydrogen) atoms. The third-order valence-corrected chi connectivity index (χ3v) is 3.11. The zero-order chi connectivity index (χ0) is 17.9. The minimum absolute atomic E-state index is 0.0196. The first-order chi connectivity index (χ1) is 11.3. The summed E-state index contributed by atoms with van der Waals surface area (Å²) in [7, 11) is 3.02. The van der Waals surface area contributed by atoms with Crippen LogP contribution in [0.1, 0.15) is 10.4 Å². The van der Waals surface area contributed by atoms with E-state index in [0.29, 0.717) is 5.69 Å². The van der Waals surface area contributed by atoms with Gasteiger partial charge in [0, 0.05) is 31.0 Å². The summed E-state index contributed by atoms with van der Waals surface area (Å²) in [5.74, 6) is -2.17. The number of nitrogens with two attached hydrogens (primary N) is 1. The van der Waals surface area contributed by atoms with Crippen molar-refractivity contribution in [2.45, 2.75) is 0 Å². The van der Waals surface area contributed by atoms with E-state index in [2.05, 4.69) is 10.6 Å². The van der Waals surface area contributed by atoms with E-state index in [0.717, 1.165) is 12.1 Å². The molecule has 0 fully saturated rings. The Morgan fingerprint density at radius 3 is 2.17 bits per heavy atom. The molecular formula is C16H16F2N4O2. The van der Waals surface area contributed by atoms with Crippen LogP contribution in [0.3, 0.4) is 0 Å². The number of halogens is 2. The van der Waals surface area contributed by atoms with Crippen LogP contribution in [-0.4, -0.2) is 26.0 Å². The third kappa shape index (κ3) is 3.97. The second-order valence-electron chi connectivity index (χ2n) is 5.21. The lowest BCUT2D eigenvalue weighted by Gasteiger charge is -2.16. The molecule has 0 atom stereocenters. The summed E-state index contributed by atoms with van der Waals surface area (Å²) in [5, 5.41) is 4.74. The molecule has 2 aromatic carbocycles. The highest BCUT2D eigenvalue weighted by molar-refractivity contribution is 6.05. The van der Waals surface area contributed by atoms with Crippen molar-refractivity contribution in [3.05, 3.63) is 53.6 Å². The molecule has 2 aromatic rings. The number of benzene rings is 2. The van der Waals surface area contributed by atoms with Crippen molar-refractivity contribution in [1.82, 2.24) is 0 Å². The van der Waals surface area contributed by atoms with Crippen molar-refractivity contribution in [1.29, 1.82) is 0 Å². The highest BCUT2D eigenvalue weighted by Gasteiger charge is 2.15. The first kappa shape index (κ1) is 17.2. The van der Waals surface area contributed by atoms with Gasteiger partial charge in [0.15, 0.2) is 11.6 Å². The van der Waals surface area contributed by atoms with Crippen molar-refractivity contribution >= 4 is 29.0 Å². The number of anilines is 3. The number of primary amides is 1. The fourth-order valence-corrected chi connectivity index (χ4v) is 2.15. The quantitative estimate of drug-likeness (QED) is 0.803. The maximum atomic E-state index is 13.9. The molecule has 0 aliphatic carbocycles. The van der Waals surface area contributed by atoms with Crippen molar-refractivity contribution < 1.29 is 18.4 Å². The number of nitrogens with zero attached hydrogens (tertiary/aromatic N) is 1. The summed E-state index contributed by atoms with van der Waals surface area (Å²) in [4.78, 5) is 24.3. The lowest BCUT2D eigenvalue weighted by Crippen LogP contribution is -2.20. The standard InChI is InChI=1S/C16H16F2N4O2/c1-22(2)14-12(17)7-11(8-13(14)18)20-15(23)9-4-3-5-10(6-9)21-16(19)24/h3-8H,1-2H3,(H,20,23)(H3,19,21,24). The van der Waals surface area contributed by atoms with E-state index in [4.69, 9.17) is 5.73 Å². The molecule has 0 aromatic heterocycles. The van der Waals surface area contributed by atoms with E-state index >= 15 is 0 Å². The smallest absolute Gasteiger partial charge is 0.316 e. The number of amides is 3. The number of carbonyl (C=O) groups is 2. The SMILES string of the molecule is CN(C)c1c(F)cc(NC(=O)c2cccc(NC(N)=O)c2)cc1F. The number of carbonyl (C=O) groups excluding carboxylic acids is 2. The molecule has 2 rings (SSSR count). The molecule has 0 aliphatic heterocycles. The highest BCUT2D eigenvalue weighted by Crippen LogP contribution is 2.26. The molecule has 0 aliphatic rings. The normalized spacial score (nSPS) is 10.2. The van der Waals surface area contributed by atoms with Gasteiger partial charge in [-0.15, -0.1) is 0 Å². The number of rotatable bonds is 4. The molecule has 0 bridgehead atoms. The minimum atomic E-state index is -0.792. The van der Waals surface area contributed by atoms with Crippen molar-refractivity contribution in [2.24, 2.45) is 5.73 Å². The molecule has 8 heteroatoms. The first-order valence-electron chi connectivity index (χ1n) is 6.92. The average Bonchev–Trinajstić information content (AvgIpc) is 2.45. The van der Waals surface area contributed by atoms with Crippen molar-refractivity contribution in [3.8, 4) is 0 Å².